The van der Waals surface area contributed by atoms with Crippen molar-refractivity contribution in [2.75, 3.05) is 33.0 Å². The van der Waals surface area contributed by atoms with Gasteiger partial charge < -0.3 is 14.9 Å². The van der Waals surface area contributed by atoms with E-state index in [1.807, 2.05) is 13.8 Å². The second-order valence-corrected chi connectivity index (χ2v) is 5.34. The van der Waals surface area contributed by atoms with Gasteiger partial charge in [-0.3, -0.25) is 4.55 Å². The fourth-order valence-electron chi connectivity index (χ4n) is 1.25. The van der Waals surface area contributed by atoms with Gasteiger partial charge in [-0.2, -0.15) is 8.42 Å². The van der Waals surface area contributed by atoms with Gasteiger partial charge in [0.1, 0.15) is 0 Å². The fraction of sp³-hybridized carbons (Fsp3) is 0.583. The minimum atomic E-state index is -4.22. The lowest BCUT2D eigenvalue weighted by molar-refractivity contribution is 0.162. The Morgan fingerprint density at radius 3 is 1.16 bits per heavy atom. The fourth-order valence-corrected chi connectivity index (χ4v) is 1.58. The number of rotatable bonds is 11. The van der Waals surface area contributed by atoms with Gasteiger partial charge in [0, 0.05) is 13.2 Å². The largest absolute Gasteiger partial charge is 0.397 e. The molecule has 0 radical (unpaired) electrons. The smallest absolute Gasteiger partial charge is 0.394 e. The van der Waals surface area contributed by atoms with Crippen LogP contribution in [0.15, 0.2) is 65.8 Å². The third-order valence-electron chi connectivity index (χ3n) is 2.24. The van der Waals surface area contributed by atoms with Crippen LogP contribution < -0.4 is 0 Å². The number of aliphatic hydroxyl groups is 2. The van der Waals surface area contributed by atoms with E-state index >= 15 is 0 Å². The Morgan fingerprint density at radius 2 is 0.938 bits per heavy atom. The van der Waals surface area contributed by atoms with Crippen molar-refractivity contribution in [3.63, 3.8) is 0 Å². The molecule has 3 N–H and O–H groups in total. The minimum absolute atomic E-state index is 0.0883. The summed E-state index contributed by atoms with van der Waals surface area (Å²) in [7, 11) is -4.22. The Bertz CT molecular complexity index is 322. The maximum absolute atomic E-state index is 10.1. The molecule has 0 amide bonds. The van der Waals surface area contributed by atoms with Gasteiger partial charge in [0.05, 0.1) is 19.8 Å². The molecule has 0 spiro atoms. The monoisotopic (exact) mass is 486 g/mol. The Hall–Kier alpha value is -1.55. The van der Waals surface area contributed by atoms with E-state index < -0.39 is 10.4 Å². The Kier molecular flexibility index (Phi) is 128. The molecule has 0 unspecified atom stereocenters. The van der Waals surface area contributed by atoms with Gasteiger partial charge in [-0.25, -0.2) is 4.18 Å². The van der Waals surface area contributed by atoms with Crippen molar-refractivity contribution in [3.05, 3.63) is 65.8 Å². The van der Waals surface area contributed by atoms with Crippen LogP contribution in [0.4, 0.5) is 0 Å². The van der Waals surface area contributed by atoms with Gasteiger partial charge in [-0.05, 0) is 20.3 Å². The zero-order valence-corrected chi connectivity index (χ0v) is 22.0. The molecule has 0 bridgehead atoms. The molecule has 0 heterocycles. The van der Waals surface area contributed by atoms with Crippen LogP contribution in [0, 0.1) is 0 Å². The van der Waals surface area contributed by atoms with E-state index in [1.165, 1.54) is 19.3 Å². The van der Waals surface area contributed by atoms with Gasteiger partial charge in [-0.15, -0.1) is 65.8 Å². The second-order valence-electron chi connectivity index (χ2n) is 4.25. The topological polar surface area (TPSA) is 113 Å². The Labute approximate surface area is 200 Å². The lowest BCUT2D eigenvalue weighted by Crippen LogP contribution is -2.04. The number of ether oxygens (including phenoxy) is 1. The maximum atomic E-state index is 10.1. The lowest BCUT2D eigenvalue weighted by Gasteiger charge is -2.00. The molecule has 0 aliphatic rings. The molecule has 0 saturated heterocycles. The molecule has 0 aliphatic heterocycles. The summed E-state index contributed by atoms with van der Waals surface area (Å²) in [6, 6.07) is 0. The van der Waals surface area contributed by atoms with Crippen molar-refractivity contribution >= 4 is 10.4 Å². The Morgan fingerprint density at radius 1 is 0.625 bits per heavy atom. The summed E-state index contributed by atoms with van der Waals surface area (Å²) in [5.74, 6) is 0. The van der Waals surface area contributed by atoms with Crippen LogP contribution in [0.25, 0.3) is 0 Å². The molecular formula is C24H54O7S. The summed E-state index contributed by atoms with van der Waals surface area (Å²) in [5.41, 5.74) is 0. The van der Waals surface area contributed by atoms with E-state index in [1.54, 1.807) is 0 Å². The minimum Gasteiger partial charge on any atom is -0.394 e. The molecule has 32 heavy (non-hydrogen) atoms. The van der Waals surface area contributed by atoms with Crippen LogP contribution in [-0.4, -0.2) is 56.2 Å². The zero-order valence-electron chi connectivity index (χ0n) is 21.2. The summed E-state index contributed by atoms with van der Waals surface area (Å²) in [5, 5.41) is 15.2. The summed E-state index contributed by atoms with van der Waals surface area (Å²) >= 11 is 0. The van der Waals surface area contributed by atoms with Gasteiger partial charge in [0.2, 0.25) is 0 Å². The van der Waals surface area contributed by atoms with Crippen molar-refractivity contribution in [1.82, 2.24) is 0 Å². The first-order chi connectivity index (χ1) is 15.4. The van der Waals surface area contributed by atoms with Crippen LogP contribution in [0.3, 0.4) is 0 Å². The van der Waals surface area contributed by atoms with Crippen LogP contribution in [0.2, 0.25) is 0 Å². The maximum Gasteiger partial charge on any atom is 0.397 e. The SMILES string of the molecule is C=C.C=C.C=C.C=C.C=C.CCCCCCCCOS(=O)(=O)O.CCOCC.OCCO. The predicted octanol–water partition coefficient (Wildman–Crippen LogP) is 6.19. The van der Waals surface area contributed by atoms with Crippen LogP contribution in [0.1, 0.15) is 59.3 Å². The summed E-state index contributed by atoms with van der Waals surface area (Å²) in [4.78, 5) is 0. The molecule has 198 valence electrons. The van der Waals surface area contributed by atoms with E-state index in [2.05, 4.69) is 76.9 Å². The van der Waals surface area contributed by atoms with Crippen molar-refractivity contribution in [2.45, 2.75) is 59.3 Å². The summed E-state index contributed by atoms with van der Waals surface area (Å²) in [6.45, 7) is 37.6. The van der Waals surface area contributed by atoms with E-state index in [0.29, 0.717) is 6.42 Å². The molecule has 0 aromatic rings. The van der Waals surface area contributed by atoms with Gasteiger partial charge in [0.15, 0.2) is 0 Å². The van der Waals surface area contributed by atoms with E-state index in [4.69, 9.17) is 19.5 Å². The molecular weight excluding hydrogens is 432 g/mol. The third-order valence-corrected chi connectivity index (χ3v) is 2.70. The summed E-state index contributed by atoms with van der Waals surface area (Å²) in [6.07, 6.45) is 6.34. The summed E-state index contributed by atoms with van der Waals surface area (Å²) < 4.78 is 37.4. The Balaban J connectivity index is -0.0000000421. The molecule has 0 fully saturated rings. The van der Waals surface area contributed by atoms with Crippen molar-refractivity contribution in [3.8, 4) is 0 Å². The molecule has 0 rings (SSSR count). The van der Waals surface area contributed by atoms with Crippen LogP contribution in [-0.2, 0) is 19.3 Å². The average molecular weight is 487 g/mol. The van der Waals surface area contributed by atoms with Gasteiger partial charge >= 0.3 is 10.4 Å². The first-order valence-electron chi connectivity index (χ1n) is 10.3. The van der Waals surface area contributed by atoms with Gasteiger partial charge in [0.25, 0.3) is 0 Å². The molecule has 8 heteroatoms. The number of aliphatic hydroxyl groups excluding tert-OH is 2. The first-order valence-corrected chi connectivity index (χ1v) is 11.7. The normalized spacial score (nSPS) is 7.69. The molecule has 0 aromatic carbocycles. The number of unbranched alkanes of at least 4 members (excludes halogenated alkanes) is 5. The van der Waals surface area contributed by atoms with Gasteiger partial charge in [-0.1, -0.05) is 39.0 Å². The second kappa shape index (κ2) is 78.3. The van der Waals surface area contributed by atoms with E-state index in [9.17, 15) is 8.42 Å². The molecule has 0 aliphatic carbocycles. The van der Waals surface area contributed by atoms with Crippen LogP contribution in [0.5, 0.6) is 0 Å². The van der Waals surface area contributed by atoms with Crippen molar-refractivity contribution in [1.29, 1.82) is 0 Å². The molecule has 7 nitrogen and oxygen atoms in total. The highest BCUT2D eigenvalue weighted by molar-refractivity contribution is 7.80. The standard InChI is InChI=1S/C8H18O4S.C4H10O.C2H6O2.5C2H4/c1-2-3-4-5-6-7-8-12-13(9,10)11;1-3-5-4-2;3-1-2-4;5*1-2/h2-8H2,1H3,(H,9,10,11);3-4H2,1-2H3;3-4H,1-2H2;5*1-2H2. The molecule has 0 aromatic heterocycles. The number of hydrogen-bond donors (Lipinski definition) is 3. The highest BCUT2D eigenvalue weighted by Gasteiger charge is 2.02. The zero-order chi connectivity index (χ0) is 27.7. The van der Waals surface area contributed by atoms with E-state index in [-0.39, 0.29) is 19.8 Å². The highest BCUT2D eigenvalue weighted by Crippen LogP contribution is 2.05. The predicted molar refractivity (Wildman–Crippen MR) is 143 cm³/mol. The molecule has 0 atom stereocenters. The quantitative estimate of drug-likeness (QED) is 0.181. The van der Waals surface area contributed by atoms with Crippen molar-refractivity contribution < 1.29 is 32.1 Å². The first kappa shape index (κ1) is 52.4. The van der Waals surface area contributed by atoms with E-state index in [0.717, 1.165) is 26.1 Å². The molecule has 0 saturated carbocycles. The van der Waals surface area contributed by atoms with Crippen LogP contribution >= 0.6 is 0 Å². The average Bonchev–Trinajstić information content (AvgIpc) is 2.85. The number of hydrogen-bond acceptors (Lipinski definition) is 6. The third kappa shape index (κ3) is 164. The van der Waals surface area contributed by atoms with Crippen molar-refractivity contribution in [2.24, 2.45) is 0 Å². The lowest BCUT2D eigenvalue weighted by atomic mass is 10.1. The highest BCUT2D eigenvalue weighted by atomic mass is 32.3.